The molecule has 1 saturated heterocycles. The Morgan fingerprint density at radius 3 is 2.59 bits per heavy atom. The van der Waals surface area contributed by atoms with E-state index in [1.54, 1.807) is 0 Å². The zero-order valence-corrected chi connectivity index (χ0v) is 10.2. The minimum absolute atomic E-state index is 0.335. The van der Waals surface area contributed by atoms with Gasteiger partial charge >= 0.3 is 0 Å². The molecule has 0 bridgehead atoms. The summed E-state index contributed by atoms with van der Waals surface area (Å²) in [5.74, 6) is 0. The summed E-state index contributed by atoms with van der Waals surface area (Å²) in [6, 6.07) is 0. The number of hydrogen-bond donors (Lipinski definition) is 3. The lowest BCUT2D eigenvalue weighted by Gasteiger charge is -2.19. The van der Waals surface area contributed by atoms with Crippen LogP contribution in [-0.2, 0) is 18.6 Å². The van der Waals surface area contributed by atoms with Crippen LogP contribution in [-0.4, -0.2) is 52.9 Å². The van der Waals surface area contributed by atoms with E-state index in [1.807, 2.05) is 6.92 Å². The average molecular weight is 271 g/mol. The Labute approximate surface area is 98.4 Å². The molecule has 1 aliphatic heterocycles. The Bertz CT molecular complexity index is 279. The Hall–Kier alpha value is -0.0500. The first kappa shape index (κ1) is 15.0. The minimum Gasteiger partial charge on any atom is -0.756 e. The van der Waals surface area contributed by atoms with E-state index >= 15 is 0 Å². The van der Waals surface area contributed by atoms with Crippen LogP contribution in [0.5, 0.6) is 0 Å². The maximum absolute atomic E-state index is 10.4. The highest BCUT2D eigenvalue weighted by atomic mass is 31.2. The first-order valence-electron chi connectivity index (χ1n) is 5.16. The number of rotatable bonds is 6. The summed E-state index contributed by atoms with van der Waals surface area (Å²) in [6.07, 6.45) is -4.00. The van der Waals surface area contributed by atoms with Crippen LogP contribution in [0, 0.1) is 0 Å². The second-order valence-corrected chi connectivity index (χ2v) is 4.85. The highest BCUT2D eigenvalue weighted by Gasteiger charge is 2.43. The molecule has 1 unspecified atom stereocenters. The Morgan fingerprint density at radius 1 is 1.41 bits per heavy atom. The predicted octanol–water partition coefficient (Wildman–Crippen LogP) is -1.66. The third-order valence-corrected chi connectivity index (χ3v) is 2.68. The fourth-order valence-electron chi connectivity index (χ4n) is 1.39. The van der Waals surface area contributed by atoms with Crippen molar-refractivity contribution < 1.29 is 38.6 Å². The number of hydrogen-bond acceptors (Lipinski definition) is 7. The molecule has 102 valence electrons. The first-order valence-corrected chi connectivity index (χ1v) is 6.66. The molecular weight excluding hydrogens is 255 g/mol. The Balaban J connectivity index is 2.45. The van der Waals surface area contributed by atoms with Crippen LogP contribution >= 0.6 is 7.82 Å². The molecule has 1 rings (SSSR count). The molecule has 0 spiro atoms. The van der Waals surface area contributed by atoms with Gasteiger partial charge in [0.05, 0.1) is 6.61 Å². The lowest BCUT2D eigenvalue weighted by Crippen LogP contribution is -2.35. The van der Waals surface area contributed by atoms with Gasteiger partial charge in [-0.05, 0) is 6.42 Å². The van der Waals surface area contributed by atoms with Crippen molar-refractivity contribution in [2.45, 2.75) is 37.9 Å². The van der Waals surface area contributed by atoms with Crippen molar-refractivity contribution in [2.75, 3.05) is 13.2 Å². The average Bonchev–Trinajstić information content (AvgIpc) is 2.50. The molecule has 0 aromatic rings. The number of ether oxygens (including phenoxy) is 2. The van der Waals surface area contributed by atoms with Gasteiger partial charge in [0.1, 0.15) is 18.3 Å². The highest BCUT2D eigenvalue weighted by molar-refractivity contribution is 7.44. The highest BCUT2D eigenvalue weighted by Crippen LogP contribution is 2.32. The lowest BCUT2D eigenvalue weighted by atomic mass is 10.1. The summed E-state index contributed by atoms with van der Waals surface area (Å²) in [7, 11) is -4.87. The van der Waals surface area contributed by atoms with Gasteiger partial charge in [-0.2, -0.15) is 0 Å². The van der Waals surface area contributed by atoms with Gasteiger partial charge in [0.2, 0.25) is 0 Å². The molecule has 9 heteroatoms. The molecule has 1 heterocycles. The van der Waals surface area contributed by atoms with Crippen molar-refractivity contribution in [3.8, 4) is 0 Å². The summed E-state index contributed by atoms with van der Waals surface area (Å²) < 4.78 is 24.6. The van der Waals surface area contributed by atoms with Crippen LogP contribution in [0.1, 0.15) is 13.3 Å². The fourth-order valence-corrected chi connectivity index (χ4v) is 1.73. The second kappa shape index (κ2) is 6.21. The van der Waals surface area contributed by atoms with Gasteiger partial charge in [-0.1, -0.05) is 6.92 Å². The van der Waals surface area contributed by atoms with Crippen LogP contribution in [0.25, 0.3) is 0 Å². The summed E-state index contributed by atoms with van der Waals surface area (Å²) in [6.45, 7) is 1.61. The van der Waals surface area contributed by atoms with Crippen molar-refractivity contribution in [3.63, 3.8) is 0 Å². The molecule has 3 N–H and O–H groups in total. The van der Waals surface area contributed by atoms with Gasteiger partial charge < -0.3 is 34.0 Å². The van der Waals surface area contributed by atoms with Crippen molar-refractivity contribution in [2.24, 2.45) is 0 Å². The number of phosphoric ester groups is 1. The number of phosphoric acid groups is 1. The van der Waals surface area contributed by atoms with Gasteiger partial charge in [0.25, 0.3) is 7.82 Å². The zero-order valence-electron chi connectivity index (χ0n) is 9.26. The number of aliphatic hydroxyl groups excluding tert-OH is 2. The molecule has 1 fully saturated rings. The third kappa shape index (κ3) is 4.61. The smallest absolute Gasteiger partial charge is 0.265 e. The maximum Gasteiger partial charge on any atom is 0.265 e. The van der Waals surface area contributed by atoms with Gasteiger partial charge in [-0.15, -0.1) is 0 Å². The lowest BCUT2D eigenvalue weighted by molar-refractivity contribution is -0.224. The van der Waals surface area contributed by atoms with E-state index in [0.717, 1.165) is 0 Å². The van der Waals surface area contributed by atoms with Gasteiger partial charge in [0.15, 0.2) is 6.29 Å². The van der Waals surface area contributed by atoms with Crippen LogP contribution in [0.4, 0.5) is 0 Å². The fraction of sp³-hybridized carbons (Fsp3) is 1.00. The summed E-state index contributed by atoms with van der Waals surface area (Å²) in [4.78, 5) is 18.7. The van der Waals surface area contributed by atoms with Crippen molar-refractivity contribution >= 4 is 7.82 Å². The Morgan fingerprint density at radius 2 is 2.06 bits per heavy atom. The topological polar surface area (TPSA) is 129 Å². The Kier molecular flexibility index (Phi) is 5.49. The molecule has 8 nitrogen and oxygen atoms in total. The van der Waals surface area contributed by atoms with E-state index in [1.165, 1.54) is 0 Å². The molecule has 0 saturated carbocycles. The van der Waals surface area contributed by atoms with Crippen LogP contribution in [0.2, 0.25) is 0 Å². The molecule has 1 aliphatic rings. The van der Waals surface area contributed by atoms with Crippen LogP contribution < -0.4 is 4.89 Å². The molecule has 0 amide bonds. The van der Waals surface area contributed by atoms with E-state index < -0.39 is 39.0 Å². The van der Waals surface area contributed by atoms with Gasteiger partial charge in [0, 0.05) is 6.61 Å². The molecule has 0 aliphatic carbocycles. The maximum atomic E-state index is 10.4. The summed E-state index contributed by atoms with van der Waals surface area (Å²) >= 11 is 0. The monoisotopic (exact) mass is 271 g/mol. The van der Waals surface area contributed by atoms with Crippen LogP contribution in [0.15, 0.2) is 0 Å². The molecule has 0 aromatic carbocycles. The SMILES string of the molecule is CCCO[C@@H]1O[C@H](COP(=O)([O-])O)[C@@H](O)[C@H]1O. The number of aliphatic hydroxyl groups is 2. The largest absolute Gasteiger partial charge is 0.756 e. The zero-order chi connectivity index (χ0) is 13.1. The van der Waals surface area contributed by atoms with Gasteiger partial charge in [-0.25, -0.2) is 0 Å². The van der Waals surface area contributed by atoms with E-state index in [-0.39, 0.29) is 0 Å². The predicted molar refractivity (Wildman–Crippen MR) is 52.7 cm³/mol. The first-order chi connectivity index (χ1) is 7.85. The van der Waals surface area contributed by atoms with Crippen molar-refractivity contribution in [3.05, 3.63) is 0 Å². The standard InChI is InChI=1S/C8H17O8P/c1-2-3-14-8-7(10)6(9)5(16-8)4-15-17(11,12)13/h5-10H,2-4H2,1H3,(H2,11,12,13)/p-1/t5-,6-,7-,8-/m1/s1. The molecule has 17 heavy (non-hydrogen) atoms. The summed E-state index contributed by atoms with van der Waals surface area (Å²) in [5.41, 5.74) is 0. The molecule has 5 atom stereocenters. The van der Waals surface area contributed by atoms with E-state index in [4.69, 9.17) is 14.4 Å². The summed E-state index contributed by atoms with van der Waals surface area (Å²) in [5, 5.41) is 19.0. The molecule has 0 aromatic heterocycles. The molecular formula is C8H16O8P-. The second-order valence-electron chi connectivity index (χ2n) is 3.66. The van der Waals surface area contributed by atoms with Gasteiger partial charge in [-0.3, -0.25) is 4.57 Å². The van der Waals surface area contributed by atoms with E-state index in [2.05, 4.69) is 4.52 Å². The quantitative estimate of drug-likeness (QED) is 0.489. The van der Waals surface area contributed by atoms with Crippen LogP contribution in [0.3, 0.4) is 0 Å². The van der Waals surface area contributed by atoms with E-state index in [9.17, 15) is 19.7 Å². The van der Waals surface area contributed by atoms with E-state index in [0.29, 0.717) is 13.0 Å². The minimum atomic E-state index is -4.87. The molecule has 0 radical (unpaired) electrons. The van der Waals surface area contributed by atoms with Crippen molar-refractivity contribution in [1.82, 2.24) is 0 Å². The normalized spacial score (nSPS) is 37.0. The van der Waals surface area contributed by atoms with Crippen molar-refractivity contribution in [1.29, 1.82) is 0 Å². The third-order valence-electron chi connectivity index (χ3n) is 2.21.